The number of amides is 1. The highest BCUT2D eigenvalue weighted by molar-refractivity contribution is 5.78. The van der Waals surface area contributed by atoms with Crippen molar-refractivity contribution in [1.29, 1.82) is 0 Å². The zero-order valence-electron chi connectivity index (χ0n) is 12.4. The lowest BCUT2D eigenvalue weighted by Gasteiger charge is -2.26. The molecule has 1 saturated carbocycles. The number of ether oxygens (including phenoxy) is 1. The Morgan fingerprint density at radius 3 is 2.76 bits per heavy atom. The molecule has 21 heavy (non-hydrogen) atoms. The van der Waals surface area contributed by atoms with Crippen molar-refractivity contribution in [3.05, 3.63) is 29.8 Å². The third-order valence-corrected chi connectivity index (χ3v) is 4.06. The van der Waals surface area contributed by atoms with Gasteiger partial charge in [0.25, 0.3) is 0 Å². The smallest absolute Gasteiger partial charge is 0.223 e. The van der Waals surface area contributed by atoms with Gasteiger partial charge in [-0.25, -0.2) is 0 Å². The van der Waals surface area contributed by atoms with Crippen LogP contribution in [-0.4, -0.2) is 30.7 Å². The number of rotatable bonds is 5. The maximum absolute atomic E-state index is 12.1. The highest BCUT2D eigenvalue weighted by Gasteiger charge is 2.25. The van der Waals surface area contributed by atoms with E-state index in [1.807, 2.05) is 0 Å². The fraction of sp³-hybridized carbons (Fsp3) is 0.562. The second kappa shape index (κ2) is 7.43. The molecule has 0 radical (unpaired) electrons. The maximum atomic E-state index is 12.1. The number of aliphatic hydroxyl groups is 1. The number of hydrogen-bond acceptors (Lipinski definition) is 4. The van der Waals surface area contributed by atoms with Gasteiger partial charge in [-0.2, -0.15) is 0 Å². The minimum atomic E-state index is -0.711. The number of aliphatic hydroxyl groups excluding tert-OH is 1. The van der Waals surface area contributed by atoms with E-state index in [4.69, 9.17) is 10.5 Å². The van der Waals surface area contributed by atoms with Gasteiger partial charge in [0.05, 0.1) is 13.2 Å². The van der Waals surface area contributed by atoms with Crippen molar-refractivity contribution in [1.82, 2.24) is 5.32 Å². The molecule has 1 aliphatic rings. The van der Waals surface area contributed by atoms with E-state index in [1.165, 1.54) is 0 Å². The Kier molecular flexibility index (Phi) is 5.59. The quantitative estimate of drug-likeness (QED) is 0.765. The van der Waals surface area contributed by atoms with E-state index in [-0.39, 0.29) is 24.4 Å². The van der Waals surface area contributed by atoms with Crippen LogP contribution >= 0.6 is 0 Å². The SMILES string of the molecule is COc1ccc(C(O)CNC(=O)C2CCCC(N)C2)cc1. The van der Waals surface area contributed by atoms with Crippen LogP contribution in [0.2, 0.25) is 0 Å². The molecule has 1 aromatic rings. The van der Waals surface area contributed by atoms with Crippen LogP contribution in [0.25, 0.3) is 0 Å². The summed E-state index contributed by atoms with van der Waals surface area (Å²) in [5.41, 5.74) is 6.66. The van der Waals surface area contributed by atoms with Gasteiger partial charge in [0.15, 0.2) is 0 Å². The van der Waals surface area contributed by atoms with Crippen molar-refractivity contribution in [3.8, 4) is 5.75 Å². The number of carbonyl (C=O) groups is 1. The number of benzene rings is 1. The summed E-state index contributed by atoms with van der Waals surface area (Å²) in [5.74, 6) is 0.723. The molecule has 1 fully saturated rings. The summed E-state index contributed by atoms with van der Waals surface area (Å²) < 4.78 is 5.07. The van der Waals surface area contributed by atoms with Crippen LogP contribution in [0.4, 0.5) is 0 Å². The van der Waals surface area contributed by atoms with E-state index in [0.717, 1.165) is 37.0 Å². The normalized spacial score (nSPS) is 23.4. The predicted molar refractivity (Wildman–Crippen MR) is 80.9 cm³/mol. The van der Waals surface area contributed by atoms with Crippen LogP contribution < -0.4 is 15.8 Å². The van der Waals surface area contributed by atoms with E-state index in [0.29, 0.717) is 0 Å². The van der Waals surface area contributed by atoms with Gasteiger partial charge in [0.2, 0.25) is 5.91 Å². The summed E-state index contributed by atoms with van der Waals surface area (Å²) in [6, 6.07) is 7.31. The lowest BCUT2D eigenvalue weighted by atomic mass is 9.85. The average Bonchev–Trinajstić information content (AvgIpc) is 2.52. The second-order valence-electron chi connectivity index (χ2n) is 5.66. The van der Waals surface area contributed by atoms with Crippen molar-refractivity contribution < 1.29 is 14.6 Å². The molecule has 0 aliphatic heterocycles. The molecule has 116 valence electrons. The summed E-state index contributed by atoms with van der Waals surface area (Å²) in [7, 11) is 1.60. The molecule has 0 heterocycles. The number of nitrogens with two attached hydrogens (primary N) is 1. The van der Waals surface area contributed by atoms with E-state index >= 15 is 0 Å². The predicted octanol–water partition coefficient (Wildman–Crippen LogP) is 1.36. The molecule has 0 spiro atoms. The van der Waals surface area contributed by atoms with E-state index in [9.17, 15) is 9.90 Å². The van der Waals surface area contributed by atoms with Crippen molar-refractivity contribution >= 4 is 5.91 Å². The largest absolute Gasteiger partial charge is 0.497 e. The zero-order valence-corrected chi connectivity index (χ0v) is 12.4. The summed E-state index contributed by atoms with van der Waals surface area (Å²) >= 11 is 0. The number of hydrogen-bond donors (Lipinski definition) is 3. The molecule has 4 N–H and O–H groups in total. The van der Waals surface area contributed by atoms with Crippen molar-refractivity contribution in [2.45, 2.75) is 37.8 Å². The first-order valence-electron chi connectivity index (χ1n) is 7.45. The molecule has 1 amide bonds. The van der Waals surface area contributed by atoms with Gasteiger partial charge < -0.3 is 20.9 Å². The van der Waals surface area contributed by atoms with Gasteiger partial charge >= 0.3 is 0 Å². The molecule has 0 saturated heterocycles. The molecule has 0 bridgehead atoms. The maximum Gasteiger partial charge on any atom is 0.223 e. The Labute approximate surface area is 125 Å². The fourth-order valence-corrected chi connectivity index (χ4v) is 2.75. The first kappa shape index (κ1) is 15.8. The number of carbonyl (C=O) groups excluding carboxylic acids is 1. The third-order valence-electron chi connectivity index (χ3n) is 4.06. The van der Waals surface area contributed by atoms with Crippen LogP contribution in [0.1, 0.15) is 37.4 Å². The molecular formula is C16H24N2O3. The van der Waals surface area contributed by atoms with Crippen molar-refractivity contribution in [2.24, 2.45) is 11.7 Å². The minimum Gasteiger partial charge on any atom is -0.497 e. The topological polar surface area (TPSA) is 84.6 Å². The Bertz CT molecular complexity index is 461. The molecule has 0 aromatic heterocycles. The summed E-state index contributed by atoms with van der Waals surface area (Å²) in [6.45, 7) is 0.219. The second-order valence-corrected chi connectivity index (χ2v) is 5.66. The standard InChI is InChI=1S/C16H24N2O3/c1-21-14-7-5-11(6-8-14)15(19)10-18-16(20)12-3-2-4-13(17)9-12/h5-8,12-13,15,19H,2-4,9-10,17H2,1H3,(H,18,20). The summed E-state index contributed by atoms with van der Waals surface area (Å²) in [4.78, 5) is 12.1. The van der Waals surface area contributed by atoms with Gasteiger partial charge in [0.1, 0.15) is 5.75 Å². The van der Waals surface area contributed by atoms with Gasteiger partial charge in [-0.1, -0.05) is 18.6 Å². The molecule has 1 aliphatic carbocycles. The van der Waals surface area contributed by atoms with Gasteiger partial charge in [-0.05, 0) is 37.0 Å². The minimum absolute atomic E-state index is 0.00212. The zero-order chi connectivity index (χ0) is 15.2. The number of methoxy groups -OCH3 is 1. The van der Waals surface area contributed by atoms with Crippen molar-refractivity contribution in [2.75, 3.05) is 13.7 Å². The van der Waals surface area contributed by atoms with Gasteiger partial charge in [-0.3, -0.25) is 4.79 Å². The molecule has 5 heteroatoms. The summed E-state index contributed by atoms with van der Waals surface area (Å²) in [5, 5.41) is 12.9. The molecular weight excluding hydrogens is 268 g/mol. The molecule has 5 nitrogen and oxygen atoms in total. The fourth-order valence-electron chi connectivity index (χ4n) is 2.75. The molecule has 3 unspecified atom stereocenters. The summed E-state index contributed by atoms with van der Waals surface area (Å²) in [6.07, 6.45) is 2.92. The Morgan fingerprint density at radius 1 is 1.43 bits per heavy atom. The van der Waals surface area contributed by atoms with E-state index in [2.05, 4.69) is 5.32 Å². The highest BCUT2D eigenvalue weighted by atomic mass is 16.5. The van der Waals surface area contributed by atoms with E-state index < -0.39 is 6.10 Å². The first-order chi connectivity index (χ1) is 10.1. The Hall–Kier alpha value is -1.59. The average molecular weight is 292 g/mol. The lowest BCUT2D eigenvalue weighted by molar-refractivity contribution is -0.126. The monoisotopic (exact) mass is 292 g/mol. The van der Waals surface area contributed by atoms with Gasteiger partial charge in [0, 0.05) is 18.5 Å². The Morgan fingerprint density at radius 2 is 2.14 bits per heavy atom. The van der Waals surface area contributed by atoms with Crippen LogP contribution in [-0.2, 0) is 4.79 Å². The van der Waals surface area contributed by atoms with Crippen LogP contribution in [0.3, 0.4) is 0 Å². The molecule has 1 aromatic carbocycles. The van der Waals surface area contributed by atoms with E-state index in [1.54, 1.807) is 31.4 Å². The van der Waals surface area contributed by atoms with Gasteiger partial charge in [-0.15, -0.1) is 0 Å². The van der Waals surface area contributed by atoms with Crippen LogP contribution in [0.5, 0.6) is 5.75 Å². The number of nitrogens with one attached hydrogen (secondary N) is 1. The third kappa shape index (κ3) is 4.44. The highest BCUT2D eigenvalue weighted by Crippen LogP contribution is 2.23. The lowest BCUT2D eigenvalue weighted by Crippen LogP contribution is -2.39. The molecule has 2 rings (SSSR count). The van der Waals surface area contributed by atoms with Crippen molar-refractivity contribution in [3.63, 3.8) is 0 Å². The van der Waals surface area contributed by atoms with Crippen LogP contribution in [0, 0.1) is 5.92 Å². The molecule has 3 atom stereocenters. The van der Waals surface area contributed by atoms with Crippen LogP contribution in [0.15, 0.2) is 24.3 Å². The first-order valence-corrected chi connectivity index (χ1v) is 7.45. The Balaban J connectivity index is 1.82.